The van der Waals surface area contributed by atoms with E-state index in [9.17, 15) is 0 Å². The van der Waals surface area contributed by atoms with Crippen LogP contribution in [0.3, 0.4) is 0 Å². The third-order valence-electron chi connectivity index (χ3n) is 2.53. The van der Waals surface area contributed by atoms with Crippen molar-refractivity contribution in [1.29, 1.82) is 0 Å². The molecule has 1 nitrogen and oxygen atoms in total. The van der Waals surface area contributed by atoms with E-state index in [1.54, 1.807) is 0 Å². The van der Waals surface area contributed by atoms with Crippen LogP contribution in [-0.2, 0) is 0 Å². The van der Waals surface area contributed by atoms with E-state index in [0.717, 1.165) is 6.42 Å². The molecule has 2 rings (SSSR count). The van der Waals surface area contributed by atoms with Crippen LogP contribution in [0.2, 0.25) is 0 Å². The van der Waals surface area contributed by atoms with Gasteiger partial charge in [0.25, 0.3) is 0 Å². The van der Waals surface area contributed by atoms with E-state index in [4.69, 9.17) is 5.73 Å². The second kappa shape index (κ2) is 2.35. The van der Waals surface area contributed by atoms with Gasteiger partial charge in [-0.3, -0.25) is 0 Å². The molecule has 58 valence electrons. The lowest BCUT2D eigenvalue weighted by atomic mass is 10.0. The van der Waals surface area contributed by atoms with Gasteiger partial charge in [-0.15, -0.1) is 0 Å². The molecular formula is C10H13N. The quantitative estimate of drug-likeness (QED) is 0.598. The average molecular weight is 147 g/mol. The van der Waals surface area contributed by atoms with Crippen LogP contribution < -0.4 is 5.73 Å². The number of benzene rings is 1. The van der Waals surface area contributed by atoms with Gasteiger partial charge in [0.2, 0.25) is 0 Å². The predicted octanol–water partition coefficient (Wildman–Crippen LogP) is 2.19. The Labute approximate surface area is 67.2 Å². The van der Waals surface area contributed by atoms with Crippen LogP contribution in [0.25, 0.3) is 0 Å². The van der Waals surface area contributed by atoms with E-state index >= 15 is 0 Å². The largest absolute Gasteiger partial charge is 0.324 e. The van der Waals surface area contributed by atoms with Gasteiger partial charge in [-0.05, 0) is 23.5 Å². The standard InChI is InChI=1S/C10H13N/c1-7-6-10(11)9-5-3-2-4-8(7)9/h2-5,7,10H,6,11H2,1H3/t7-,10?/m1/s1. The number of nitrogens with two attached hydrogens (primary N) is 1. The maximum atomic E-state index is 5.94. The van der Waals surface area contributed by atoms with Crippen LogP contribution >= 0.6 is 0 Å². The molecule has 0 radical (unpaired) electrons. The molecule has 1 unspecified atom stereocenters. The maximum Gasteiger partial charge on any atom is 0.0303 e. The zero-order valence-corrected chi connectivity index (χ0v) is 6.75. The molecule has 0 spiro atoms. The summed E-state index contributed by atoms with van der Waals surface area (Å²) in [6.07, 6.45) is 1.11. The molecular weight excluding hydrogens is 134 g/mol. The zero-order chi connectivity index (χ0) is 7.84. The smallest absolute Gasteiger partial charge is 0.0303 e. The number of fused-ring (bicyclic) bond motifs is 1. The van der Waals surface area contributed by atoms with Crippen LogP contribution in [0.1, 0.15) is 36.4 Å². The molecule has 1 aliphatic carbocycles. The van der Waals surface area contributed by atoms with Crippen molar-refractivity contribution in [3.63, 3.8) is 0 Å². The lowest BCUT2D eigenvalue weighted by Gasteiger charge is -2.02. The van der Waals surface area contributed by atoms with Crippen molar-refractivity contribution in [2.45, 2.75) is 25.3 Å². The highest BCUT2D eigenvalue weighted by Gasteiger charge is 2.24. The molecule has 1 aromatic rings. The predicted molar refractivity (Wildman–Crippen MR) is 46.4 cm³/mol. The Kier molecular flexibility index (Phi) is 1.46. The summed E-state index contributed by atoms with van der Waals surface area (Å²) in [5.41, 5.74) is 8.73. The van der Waals surface area contributed by atoms with Crippen molar-refractivity contribution in [3.05, 3.63) is 35.4 Å². The topological polar surface area (TPSA) is 26.0 Å². The van der Waals surface area contributed by atoms with Gasteiger partial charge in [0.15, 0.2) is 0 Å². The normalized spacial score (nSPS) is 28.5. The van der Waals surface area contributed by atoms with Crippen LogP contribution in [0.15, 0.2) is 24.3 Å². The summed E-state index contributed by atoms with van der Waals surface area (Å²) in [7, 11) is 0. The Morgan fingerprint density at radius 1 is 1.27 bits per heavy atom. The minimum absolute atomic E-state index is 0.279. The molecule has 1 aromatic carbocycles. The second-order valence-corrected chi connectivity index (χ2v) is 3.37. The molecule has 1 heteroatoms. The first-order chi connectivity index (χ1) is 5.29. The third kappa shape index (κ3) is 0.962. The Hall–Kier alpha value is -0.820. The van der Waals surface area contributed by atoms with Gasteiger partial charge in [0.1, 0.15) is 0 Å². The van der Waals surface area contributed by atoms with Crippen LogP contribution in [0.4, 0.5) is 0 Å². The lowest BCUT2D eigenvalue weighted by Crippen LogP contribution is -2.04. The molecule has 2 N–H and O–H groups in total. The van der Waals surface area contributed by atoms with Crippen molar-refractivity contribution in [3.8, 4) is 0 Å². The van der Waals surface area contributed by atoms with Crippen molar-refractivity contribution in [1.82, 2.24) is 0 Å². The van der Waals surface area contributed by atoms with Crippen LogP contribution in [-0.4, -0.2) is 0 Å². The van der Waals surface area contributed by atoms with Crippen molar-refractivity contribution in [2.24, 2.45) is 5.73 Å². The van der Waals surface area contributed by atoms with E-state index < -0.39 is 0 Å². The molecule has 1 aliphatic rings. The first kappa shape index (κ1) is 6.86. The minimum atomic E-state index is 0.279. The monoisotopic (exact) mass is 147 g/mol. The molecule has 0 heterocycles. The number of hydrogen-bond acceptors (Lipinski definition) is 1. The highest BCUT2D eigenvalue weighted by atomic mass is 14.7. The fourth-order valence-electron chi connectivity index (χ4n) is 1.93. The maximum absolute atomic E-state index is 5.94. The minimum Gasteiger partial charge on any atom is -0.324 e. The molecule has 0 amide bonds. The summed E-state index contributed by atoms with van der Waals surface area (Å²) in [4.78, 5) is 0. The Bertz CT molecular complexity index is 240. The third-order valence-corrected chi connectivity index (χ3v) is 2.53. The fourth-order valence-corrected chi connectivity index (χ4v) is 1.93. The summed E-state index contributed by atoms with van der Waals surface area (Å²) in [5.74, 6) is 0.654. The molecule has 0 aliphatic heterocycles. The van der Waals surface area contributed by atoms with Crippen molar-refractivity contribution in [2.75, 3.05) is 0 Å². The molecule has 0 bridgehead atoms. The Balaban J connectivity index is 2.52. The SMILES string of the molecule is C[C@@H]1CC(N)c2ccccc21. The van der Waals surface area contributed by atoms with Gasteiger partial charge in [0.05, 0.1) is 0 Å². The molecule has 11 heavy (non-hydrogen) atoms. The lowest BCUT2D eigenvalue weighted by molar-refractivity contribution is 0.640. The van der Waals surface area contributed by atoms with Crippen molar-refractivity contribution >= 4 is 0 Å². The number of hydrogen-bond donors (Lipinski definition) is 1. The van der Waals surface area contributed by atoms with Crippen molar-refractivity contribution < 1.29 is 0 Å². The van der Waals surface area contributed by atoms with Crippen LogP contribution in [0.5, 0.6) is 0 Å². The summed E-state index contributed by atoms with van der Waals surface area (Å²) >= 11 is 0. The molecule has 0 aromatic heterocycles. The summed E-state index contributed by atoms with van der Waals surface area (Å²) in [6.45, 7) is 2.24. The van der Waals surface area contributed by atoms with E-state index in [1.807, 2.05) is 0 Å². The number of rotatable bonds is 0. The van der Waals surface area contributed by atoms with Crippen LogP contribution in [0, 0.1) is 0 Å². The van der Waals surface area contributed by atoms with E-state index in [1.165, 1.54) is 11.1 Å². The highest BCUT2D eigenvalue weighted by molar-refractivity contribution is 5.37. The molecule has 0 saturated carbocycles. The molecule has 0 fully saturated rings. The Morgan fingerprint density at radius 3 is 2.55 bits per heavy atom. The van der Waals surface area contributed by atoms with E-state index in [2.05, 4.69) is 31.2 Å². The van der Waals surface area contributed by atoms with Gasteiger partial charge in [-0.2, -0.15) is 0 Å². The average Bonchev–Trinajstić information content (AvgIpc) is 2.30. The Morgan fingerprint density at radius 2 is 1.91 bits per heavy atom. The van der Waals surface area contributed by atoms with E-state index in [0.29, 0.717) is 5.92 Å². The van der Waals surface area contributed by atoms with Gasteiger partial charge in [-0.25, -0.2) is 0 Å². The fraction of sp³-hybridized carbons (Fsp3) is 0.400. The van der Waals surface area contributed by atoms with E-state index in [-0.39, 0.29) is 6.04 Å². The molecule has 0 saturated heterocycles. The molecule has 2 atom stereocenters. The zero-order valence-electron chi connectivity index (χ0n) is 6.75. The van der Waals surface area contributed by atoms with Gasteiger partial charge >= 0.3 is 0 Å². The summed E-state index contributed by atoms with van der Waals surface area (Å²) in [5, 5.41) is 0. The highest BCUT2D eigenvalue weighted by Crippen LogP contribution is 2.37. The first-order valence-electron chi connectivity index (χ1n) is 4.13. The van der Waals surface area contributed by atoms with Gasteiger partial charge < -0.3 is 5.73 Å². The summed E-state index contributed by atoms with van der Waals surface area (Å²) in [6, 6.07) is 8.77. The summed E-state index contributed by atoms with van der Waals surface area (Å²) < 4.78 is 0. The van der Waals surface area contributed by atoms with Gasteiger partial charge in [0, 0.05) is 6.04 Å². The second-order valence-electron chi connectivity index (χ2n) is 3.37. The van der Waals surface area contributed by atoms with Gasteiger partial charge in [-0.1, -0.05) is 31.2 Å². The first-order valence-corrected chi connectivity index (χ1v) is 4.13.